The smallest absolute Gasteiger partial charge is 0.216 e. The summed E-state index contributed by atoms with van der Waals surface area (Å²) in [6.45, 7) is 3.96. The van der Waals surface area contributed by atoms with Crippen LogP contribution in [0.3, 0.4) is 0 Å². The van der Waals surface area contributed by atoms with Crippen molar-refractivity contribution in [3.63, 3.8) is 0 Å². The Morgan fingerprint density at radius 2 is 2.31 bits per heavy atom. The molecule has 0 radical (unpaired) electrons. The van der Waals surface area contributed by atoms with Gasteiger partial charge in [-0.05, 0) is 26.3 Å². The number of rotatable bonds is 3. The summed E-state index contributed by atoms with van der Waals surface area (Å²) in [5.74, 6) is 1.46. The van der Waals surface area contributed by atoms with E-state index in [2.05, 4.69) is 10.3 Å². The predicted molar refractivity (Wildman–Crippen MR) is 62.0 cm³/mol. The van der Waals surface area contributed by atoms with Crippen LogP contribution in [-0.2, 0) is 0 Å². The Labute approximate surface area is 96.0 Å². The minimum Gasteiger partial charge on any atom is -0.489 e. The van der Waals surface area contributed by atoms with E-state index in [-0.39, 0.29) is 6.10 Å². The summed E-state index contributed by atoms with van der Waals surface area (Å²) in [6, 6.07) is 3.78. The first kappa shape index (κ1) is 11.2. The van der Waals surface area contributed by atoms with Crippen LogP contribution < -0.4 is 14.8 Å². The Hall–Kier alpha value is -1.29. The Morgan fingerprint density at radius 1 is 1.44 bits per heavy atom. The number of hydrogen-bond donors (Lipinski definition) is 1. The molecule has 16 heavy (non-hydrogen) atoms. The van der Waals surface area contributed by atoms with E-state index in [4.69, 9.17) is 9.47 Å². The highest BCUT2D eigenvalue weighted by molar-refractivity contribution is 5.30. The number of nitrogens with zero attached hydrogens (tertiary/aromatic N) is 1. The lowest BCUT2D eigenvalue weighted by Crippen LogP contribution is -2.37. The zero-order chi connectivity index (χ0) is 11.4. The molecule has 1 atom stereocenters. The third-order valence-corrected chi connectivity index (χ3v) is 2.67. The van der Waals surface area contributed by atoms with Crippen LogP contribution in [-0.4, -0.2) is 31.3 Å². The third kappa shape index (κ3) is 2.85. The Bertz CT molecular complexity index is 349. The number of piperidine rings is 1. The van der Waals surface area contributed by atoms with Crippen LogP contribution in [0.15, 0.2) is 12.1 Å². The van der Waals surface area contributed by atoms with Crippen LogP contribution in [0.5, 0.6) is 11.6 Å². The van der Waals surface area contributed by atoms with Crippen molar-refractivity contribution in [3.8, 4) is 11.6 Å². The van der Waals surface area contributed by atoms with Crippen molar-refractivity contribution in [2.75, 3.05) is 20.2 Å². The van der Waals surface area contributed by atoms with Crippen LogP contribution in [0.1, 0.15) is 18.5 Å². The minimum absolute atomic E-state index is 0.264. The number of pyridine rings is 1. The van der Waals surface area contributed by atoms with Gasteiger partial charge in [-0.2, -0.15) is 0 Å². The molecule has 2 rings (SSSR count). The van der Waals surface area contributed by atoms with E-state index < -0.39 is 0 Å². The van der Waals surface area contributed by atoms with Gasteiger partial charge >= 0.3 is 0 Å². The van der Waals surface area contributed by atoms with E-state index >= 15 is 0 Å². The van der Waals surface area contributed by atoms with Crippen LogP contribution in [0.25, 0.3) is 0 Å². The number of methoxy groups -OCH3 is 1. The van der Waals surface area contributed by atoms with E-state index in [0.29, 0.717) is 5.88 Å². The van der Waals surface area contributed by atoms with Gasteiger partial charge in [-0.15, -0.1) is 0 Å². The average Bonchev–Trinajstić information content (AvgIpc) is 2.29. The molecule has 1 aliphatic heterocycles. The van der Waals surface area contributed by atoms with Gasteiger partial charge in [-0.3, -0.25) is 0 Å². The summed E-state index contributed by atoms with van der Waals surface area (Å²) in [7, 11) is 1.62. The standard InChI is InChI=1S/C12H18N2O2/c1-9-6-11(7-12(14-9)15-2)16-10-4-3-5-13-8-10/h6-7,10,13H,3-5,8H2,1-2H3. The SMILES string of the molecule is COc1cc(OC2CCCNC2)cc(C)n1. The molecule has 2 heterocycles. The lowest BCUT2D eigenvalue weighted by Gasteiger charge is -2.24. The minimum atomic E-state index is 0.264. The van der Waals surface area contributed by atoms with E-state index in [0.717, 1.165) is 31.0 Å². The van der Waals surface area contributed by atoms with Gasteiger partial charge in [-0.1, -0.05) is 0 Å². The molecule has 4 heteroatoms. The zero-order valence-corrected chi connectivity index (χ0v) is 9.82. The highest BCUT2D eigenvalue weighted by atomic mass is 16.5. The first-order valence-electron chi connectivity index (χ1n) is 5.68. The molecule has 1 aliphatic rings. The van der Waals surface area contributed by atoms with E-state index in [9.17, 15) is 0 Å². The number of aryl methyl sites for hydroxylation is 1. The summed E-state index contributed by atoms with van der Waals surface area (Å²) in [5, 5.41) is 3.33. The van der Waals surface area contributed by atoms with Crippen molar-refractivity contribution in [1.82, 2.24) is 10.3 Å². The monoisotopic (exact) mass is 222 g/mol. The molecule has 1 unspecified atom stereocenters. The number of ether oxygens (including phenoxy) is 2. The van der Waals surface area contributed by atoms with E-state index in [1.54, 1.807) is 7.11 Å². The summed E-state index contributed by atoms with van der Waals surface area (Å²) in [5.41, 5.74) is 0.915. The fourth-order valence-electron chi connectivity index (χ4n) is 1.89. The van der Waals surface area contributed by atoms with E-state index in [1.807, 2.05) is 19.1 Å². The number of hydrogen-bond acceptors (Lipinski definition) is 4. The second-order valence-electron chi connectivity index (χ2n) is 4.07. The Morgan fingerprint density at radius 3 is 3.00 bits per heavy atom. The largest absolute Gasteiger partial charge is 0.489 e. The van der Waals surface area contributed by atoms with E-state index in [1.165, 1.54) is 6.42 Å². The Balaban J connectivity index is 2.04. The molecule has 88 valence electrons. The maximum Gasteiger partial charge on any atom is 0.216 e. The highest BCUT2D eigenvalue weighted by Crippen LogP contribution is 2.21. The summed E-state index contributed by atoms with van der Waals surface area (Å²) >= 11 is 0. The van der Waals surface area contributed by atoms with Crippen molar-refractivity contribution in [1.29, 1.82) is 0 Å². The first-order valence-corrected chi connectivity index (χ1v) is 5.68. The molecule has 0 saturated carbocycles. The normalized spacial score (nSPS) is 20.5. The highest BCUT2D eigenvalue weighted by Gasteiger charge is 2.14. The van der Waals surface area contributed by atoms with Crippen LogP contribution in [0.4, 0.5) is 0 Å². The third-order valence-electron chi connectivity index (χ3n) is 2.67. The second-order valence-corrected chi connectivity index (χ2v) is 4.07. The molecule has 4 nitrogen and oxygen atoms in total. The quantitative estimate of drug-likeness (QED) is 0.842. The molecule has 1 fully saturated rings. The van der Waals surface area contributed by atoms with Gasteiger partial charge in [0.1, 0.15) is 11.9 Å². The van der Waals surface area contributed by atoms with Gasteiger partial charge in [-0.25, -0.2) is 4.98 Å². The topological polar surface area (TPSA) is 43.4 Å². The summed E-state index contributed by atoms with van der Waals surface area (Å²) in [6.07, 6.45) is 2.54. The maximum atomic E-state index is 5.90. The lowest BCUT2D eigenvalue weighted by atomic mass is 10.1. The molecule has 0 bridgehead atoms. The molecule has 1 aromatic heterocycles. The van der Waals surface area contributed by atoms with Crippen molar-refractivity contribution in [3.05, 3.63) is 17.8 Å². The van der Waals surface area contributed by atoms with Crippen LogP contribution in [0, 0.1) is 6.92 Å². The van der Waals surface area contributed by atoms with Crippen LogP contribution in [0.2, 0.25) is 0 Å². The molecule has 0 amide bonds. The number of nitrogens with one attached hydrogen (secondary N) is 1. The van der Waals surface area contributed by atoms with Crippen LogP contribution >= 0.6 is 0 Å². The fraction of sp³-hybridized carbons (Fsp3) is 0.583. The lowest BCUT2D eigenvalue weighted by molar-refractivity contribution is 0.166. The molecule has 0 aliphatic carbocycles. The average molecular weight is 222 g/mol. The Kier molecular flexibility index (Phi) is 3.62. The van der Waals surface area contributed by atoms with Gasteiger partial charge < -0.3 is 14.8 Å². The number of aromatic nitrogens is 1. The molecule has 1 N–H and O–H groups in total. The van der Waals surface area contributed by atoms with Crippen molar-refractivity contribution >= 4 is 0 Å². The second kappa shape index (κ2) is 5.16. The molecule has 1 aromatic rings. The summed E-state index contributed by atoms with van der Waals surface area (Å²) in [4.78, 5) is 4.23. The maximum absolute atomic E-state index is 5.90. The zero-order valence-electron chi connectivity index (χ0n) is 9.82. The fourth-order valence-corrected chi connectivity index (χ4v) is 1.89. The van der Waals surface area contributed by atoms with Gasteiger partial charge in [0.05, 0.1) is 7.11 Å². The van der Waals surface area contributed by atoms with Gasteiger partial charge in [0.2, 0.25) is 5.88 Å². The van der Waals surface area contributed by atoms with Gasteiger partial charge in [0.15, 0.2) is 0 Å². The van der Waals surface area contributed by atoms with Gasteiger partial charge in [0, 0.05) is 24.4 Å². The molecule has 1 saturated heterocycles. The van der Waals surface area contributed by atoms with Gasteiger partial charge in [0.25, 0.3) is 0 Å². The molecular formula is C12H18N2O2. The molecule has 0 aromatic carbocycles. The first-order chi connectivity index (χ1) is 7.78. The van der Waals surface area contributed by atoms with Crippen molar-refractivity contribution < 1.29 is 9.47 Å². The molecular weight excluding hydrogens is 204 g/mol. The van der Waals surface area contributed by atoms with Crippen molar-refractivity contribution in [2.45, 2.75) is 25.9 Å². The summed E-state index contributed by atoms with van der Waals surface area (Å²) < 4.78 is 11.0. The van der Waals surface area contributed by atoms with Crippen molar-refractivity contribution in [2.24, 2.45) is 0 Å². The predicted octanol–water partition coefficient (Wildman–Crippen LogP) is 1.53. The molecule has 0 spiro atoms.